The van der Waals surface area contributed by atoms with E-state index in [1.54, 1.807) is 10.9 Å². The third-order valence-electron chi connectivity index (χ3n) is 3.97. The van der Waals surface area contributed by atoms with Crippen LogP contribution in [-0.4, -0.2) is 9.55 Å². The number of aromatic nitrogens is 2. The summed E-state index contributed by atoms with van der Waals surface area (Å²) in [4.78, 5) is 16.9. The Labute approximate surface area is 126 Å². The van der Waals surface area contributed by atoms with E-state index in [1.807, 2.05) is 18.2 Å². The lowest BCUT2D eigenvalue weighted by Crippen LogP contribution is -2.25. The van der Waals surface area contributed by atoms with Crippen LogP contribution in [0.15, 0.2) is 29.3 Å². The van der Waals surface area contributed by atoms with Gasteiger partial charge in [-0.15, -0.1) is 0 Å². The first kappa shape index (κ1) is 13.1. The zero-order chi connectivity index (χ0) is 13.2. The molecule has 1 aromatic carbocycles. The van der Waals surface area contributed by atoms with Crippen LogP contribution in [0.4, 0.5) is 0 Å². The largest absolute Gasteiger partial charge is 0.298 e. The Morgan fingerprint density at radius 3 is 2.84 bits per heavy atom. The summed E-state index contributed by atoms with van der Waals surface area (Å²) in [7, 11) is 0. The summed E-state index contributed by atoms with van der Waals surface area (Å²) in [5, 5.41) is 0.741. The molecule has 2 aromatic rings. The third kappa shape index (κ3) is 2.83. The van der Waals surface area contributed by atoms with E-state index in [-0.39, 0.29) is 5.56 Å². The topological polar surface area (TPSA) is 34.9 Å². The first-order chi connectivity index (χ1) is 9.24. The van der Waals surface area contributed by atoms with E-state index < -0.39 is 0 Å². The minimum atomic E-state index is 0.106. The minimum Gasteiger partial charge on any atom is -0.298 e. The standard InChI is InChI=1S/C15H17IN2O/c16-12-6-7-14-13(8-12)15(19)18(10-17-14)9-11-4-2-1-3-5-11/h6-8,10-11H,1-5,9H2. The van der Waals surface area contributed by atoms with E-state index in [0.717, 1.165) is 21.0 Å². The third-order valence-corrected chi connectivity index (χ3v) is 4.64. The quantitative estimate of drug-likeness (QED) is 0.760. The van der Waals surface area contributed by atoms with Crippen LogP contribution < -0.4 is 5.56 Å². The second kappa shape index (κ2) is 5.61. The predicted molar refractivity (Wildman–Crippen MR) is 85.3 cm³/mol. The lowest BCUT2D eigenvalue weighted by molar-refractivity contribution is 0.315. The van der Waals surface area contributed by atoms with E-state index in [2.05, 4.69) is 27.6 Å². The normalized spacial score (nSPS) is 16.9. The van der Waals surface area contributed by atoms with Crippen molar-refractivity contribution in [1.29, 1.82) is 0 Å². The Morgan fingerprint density at radius 1 is 1.26 bits per heavy atom. The number of nitrogens with zero attached hydrogens (tertiary/aromatic N) is 2. The number of halogens is 1. The molecule has 0 spiro atoms. The van der Waals surface area contributed by atoms with E-state index in [4.69, 9.17) is 0 Å². The Bertz CT molecular complexity index is 644. The van der Waals surface area contributed by atoms with Crippen LogP contribution >= 0.6 is 22.6 Å². The average molecular weight is 368 g/mol. The number of hydrogen-bond acceptors (Lipinski definition) is 2. The van der Waals surface area contributed by atoms with E-state index >= 15 is 0 Å². The van der Waals surface area contributed by atoms with E-state index in [0.29, 0.717) is 5.92 Å². The lowest BCUT2D eigenvalue weighted by Gasteiger charge is -2.22. The molecule has 0 bridgehead atoms. The molecule has 1 heterocycles. The molecule has 1 aliphatic rings. The van der Waals surface area contributed by atoms with Gasteiger partial charge in [0.05, 0.1) is 17.2 Å². The van der Waals surface area contributed by atoms with E-state index in [1.165, 1.54) is 32.1 Å². The molecule has 1 aliphatic carbocycles. The highest BCUT2D eigenvalue weighted by molar-refractivity contribution is 14.1. The molecule has 0 N–H and O–H groups in total. The number of benzene rings is 1. The van der Waals surface area contributed by atoms with Gasteiger partial charge in [-0.05, 0) is 59.5 Å². The molecule has 4 heteroatoms. The first-order valence-corrected chi connectivity index (χ1v) is 7.96. The smallest absolute Gasteiger partial charge is 0.261 e. The summed E-state index contributed by atoms with van der Waals surface area (Å²) in [6.45, 7) is 0.827. The zero-order valence-corrected chi connectivity index (χ0v) is 13.0. The Kier molecular flexibility index (Phi) is 3.86. The van der Waals surface area contributed by atoms with Gasteiger partial charge in [0.2, 0.25) is 0 Å². The molecule has 0 unspecified atom stereocenters. The first-order valence-electron chi connectivity index (χ1n) is 6.89. The van der Waals surface area contributed by atoms with Crippen LogP contribution in [-0.2, 0) is 6.54 Å². The van der Waals surface area contributed by atoms with Gasteiger partial charge in [0, 0.05) is 10.1 Å². The Balaban J connectivity index is 1.95. The van der Waals surface area contributed by atoms with Gasteiger partial charge in [0.15, 0.2) is 0 Å². The second-order valence-electron chi connectivity index (χ2n) is 5.37. The molecule has 0 amide bonds. The van der Waals surface area contributed by atoms with Crippen LogP contribution in [0.2, 0.25) is 0 Å². The fraction of sp³-hybridized carbons (Fsp3) is 0.467. The van der Waals surface area contributed by atoms with Crippen molar-refractivity contribution in [3.63, 3.8) is 0 Å². The van der Waals surface area contributed by atoms with Crippen molar-refractivity contribution in [2.45, 2.75) is 38.6 Å². The Hall–Kier alpha value is -0.910. The molecule has 1 fully saturated rings. The van der Waals surface area contributed by atoms with Crippen molar-refractivity contribution in [1.82, 2.24) is 9.55 Å². The molecule has 3 nitrogen and oxygen atoms in total. The zero-order valence-electron chi connectivity index (χ0n) is 10.8. The maximum Gasteiger partial charge on any atom is 0.261 e. The monoisotopic (exact) mass is 368 g/mol. The summed E-state index contributed by atoms with van der Waals surface area (Å²) < 4.78 is 2.88. The molecule has 19 heavy (non-hydrogen) atoms. The van der Waals surface area contributed by atoms with Crippen LogP contribution in [0.25, 0.3) is 10.9 Å². The van der Waals surface area contributed by atoms with Crippen LogP contribution in [0, 0.1) is 9.49 Å². The highest BCUT2D eigenvalue weighted by Crippen LogP contribution is 2.24. The molecule has 0 radical (unpaired) electrons. The van der Waals surface area contributed by atoms with Crippen LogP contribution in [0.3, 0.4) is 0 Å². The fourth-order valence-corrected chi connectivity index (χ4v) is 3.40. The molecule has 0 saturated heterocycles. The van der Waals surface area contributed by atoms with Crippen molar-refractivity contribution in [3.05, 3.63) is 38.5 Å². The van der Waals surface area contributed by atoms with Gasteiger partial charge in [-0.2, -0.15) is 0 Å². The van der Waals surface area contributed by atoms with Gasteiger partial charge in [0.25, 0.3) is 5.56 Å². The molecule has 1 saturated carbocycles. The van der Waals surface area contributed by atoms with Crippen LogP contribution in [0.5, 0.6) is 0 Å². The number of fused-ring (bicyclic) bond motifs is 1. The summed E-state index contributed by atoms with van der Waals surface area (Å²) in [6, 6.07) is 5.84. The molecule has 0 atom stereocenters. The van der Waals surface area contributed by atoms with Crippen LogP contribution in [0.1, 0.15) is 32.1 Å². The van der Waals surface area contributed by atoms with Gasteiger partial charge in [0.1, 0.15) is 0 Å². The predicted octanol–water partition coefficient (Wildman–Crippen LogP) is 3.58. The van der Waals surface area contributed by atoms with Gasteiger partial charge in [-0.1, -0.05) is 19.3 Å². The second-order valence-corrected chi connectivity index (χ2v) is 6.61. The maximum atomic E-state index is 12.5. The van der Waals surface area contributed by atoms with Crippen molar-refractivity contribution in [2.75, 3.05) is 0 Å². The van der Waals surface area contributed by atoms with Crippen molar-refractivity contribution in [3.8, 4) is 0 Å². The summed E-state index contributed by atoms with van der Waals surface area (Å²) in [5.41, 5.74) is 0.902. The van der Waals surface area contributed by atoms with Crippen molar-refractivity contribution >= 4 is 33.5 Å². The summed E-state index contributed by atoms with van der Waals surface area (Å²) >= 11 is 2.24. The van der Waals surface area contributed by atoms with Gasteiger partial charge >= 0.3 is 0 Å². The lowest BCUT2D eigenvalue weighted by atomic mass is 9.89. The average Bonchev–Trinajstić information content (AvgIpc) is 2.44. The number of hydrogen-bond donors (Lipinski definition) is 0. The fourth-order valence-electron chi connectivity index (χ4n) is 2.91. The summed E-state index contributed by atoms with van der Waals surface area (Å²) in [5.74, 6) is 0.647. The van der Waals surface area contributed by atoms with Crippen molar-refractivity contribution < 1.29 is 0 Å². The van der Waals surface area contributed by atoms with E-state index in [9.17, 15) is 4.79 Å². The van der Waals surface area contributed by atoms with Gasteiger partial charge in [-0.3, -0.25) is 9.36 Å². The van der Waals surface area contributed by atoms with Gasteiger partial charge < -0.3 is 0 Å². The Morgan fingerprint density at radius 2 is 2.05 bits per heavy atom. The molecular weight excluding hydrogens is 351 g/mol. The highest BCUT2D eigenvalue weighted by Gasteiger charge is 2.15. The maximum absolute atomic E-state index is 12.5. The van der Waals surface area contributed by atoms with Gasteiger partial charge in [-0.25, -0.2) is 4.98 Å². The molecule has 1 aromatic heterocycles. The minimum absolute atomic E-state index is 0.106. The molecule has 100 valence electrons. The number of rotatable bonds is 2. The molecule has 0 aliphatic heterocycles. The highest BCUT2D eigenvalue weighted by atomic mass is 127. The SMILES string of the molecule is O=c1c2cc(I)ccc2ncn1CC1CCCCC1. The summed E-state index contributed by atoms with van der Waals surface area (Å²) in [6.07, 6.45) is 8.16. The molecule has 3 rings (SSSR count). The van der Waals surface area contributed by atoms with Crippen molar-refractivity contribution in [2.24, 2.45) is 5.92 Å². The molecular formula is C15H17IN2O.